The molecular weight excluding hydrogens is 374 g/mol. The van der Waals surface area contributed by atoms with Crippen molar-refractivity contribution in [3.8, 4) is 5.75 Å². The number of halogens is 2. The van der Waals surface area contributed by atoms with Crippen LogP contribution in [0.2, 0.25) is 0 Å². The van der Waals surface area contributed by atoms with Crippen LogP contribution in [-0.2, 0) is 16.1 Å². The van der Waals surface area contributed by atoms with Crippen LogP contribution in [0.5, 0.6) is 5.75 Å². The number of hydrogen-bond donors (Lipinski definition) is 0. The molecule has 0 amide bonds. The lowest BCUT2D eigenvalue weighted by atomic mass is 9.73. The van der Waals surface area contributed by atoms with Crippen LogP contribution in [0.4, 0.5) is 8.78 Å². The average molecular weight is 409 g/mol. The predicted octanol–water partition coefficient (Wildman–Crippen LogP) is 6.41. The predicted molar refractivity (Wildman–Crippen MR) is 110 cm³/mol. The Morgan fingerprint density at radius 3 is 2.48 bits per heavy atom. The van der Waals surface area contributed by atoms with Gasteiger partial charge in [-0.05, 0) is 75.3 Å². The SMILES string of the molecule is C=CCCC1CCC(C2CCC(OCc3ccc(OCC)c(F)c3F)OC2)CC1. The quantitative estimate of drug-likeness (QED) is 0.442. The zero-order valence-electron chi connectivity index (χ0n) is 17.5. The highest BCUT2D eigenvalue weighted by Crippen LogP contribution is 2.39. The fraction of sp³-hybridized carbons (Fsp3) is 0.667. The zero-order valence-corrected chi connectivity index (χ0v) is 17.5. The van der Waals surface area contributed by atoms with E-state index in [0.717, 1.165) is 31.1 Å². The van der Waals surface area contributed by atoms with Gasteiger partial charge in [-0.1, -0.05) is 18.9 Å². The summed E-state index contributed by atoms with van der Waals surface area (Å²) in [5, 5.41) is 0. The van der Waals surface area contributed by atoms with Gasteiger partial charge >= 0.3 is 0 Å². The molecule has 1 aliphatic carbocycles. The van der Waals surface area contributed by atoms with E-state index < -0.39 is 11.6 Å². The second kappa shape index (κ2) is 11.1. The topological polar surface area (TPSA) is 27.7 Å². The highest BCUT2D eigenvalue weighted by Gasteiger charge is 2.31. The first-order chi connectivity index (χ1) is 14.1. The molecule has 1 aromatic rings. The van der Waals surface area contributed by atoms with Gasteiger partial charge < -0.3 is 14.2 Å². The summed E-state index contributed by atoms with van der Waals surface area (Å²) < 4.78 is 44.9. The summed E-state index contributed by atoms with van der Waals surface area (Å²) in [6.07, 6.45) is 11.2. The Balaban J connectivity index is 1.40. The molecule has 2 unspecified atom stereocenters. The van der Waals surface area contributed by atoms with Crippen LogP contribution in [0.3, 0.4) is 0 Å². The highest BCUT2D eigenvalue weighted by molar-refractivity contribution is 5.30. The van der Waals surface area contributed by atoms with E-state index in [2.05, 4.69) is 6.58 Å². The molecule has 3 nitrogen and oxygen atoms in total. The molecule has 1 heterocycles. The second-order valence-corrected chi connectivity index (χ2v) is 8.34. The van der Waals surface area contributed by atoms with Gasteiger partial charge in [0.05, 0.1) is 19.8 Å². The normalized spacial score (nSPS) is 27.6. The molecule has 0 bridgehead atoms. The van der Waals surface area contributed by atoms with E-state index in [0.29, 0.717) is 19.1 Å². The molecule has 5 heteroatoms. The minimum Gasteiger partial charge on any atom is -0.491 e. The minimum absolute atomic E-state index is 0.00109. The van der Waals surface area contributed by atoms with E-state index in [-0.39, 0.29) is 24.2 Å². The Morgan fingerprint density at radius 1 is 1.07 bits per heavy atom. The van der Waals surface area contributed by atoms with Crippen molar-refractivity contribution in [3.63, 3.8) is 0 Å². The van der Waals surface area contributed by atoms with Gasteiger partial charge in [0.15, 0.2) is 17.9 Å². The maximum Gasteiger partial charge on any atom is 0.200 e. The van der Waals surface area contributed by atoms with Crippen molar-refractivity contribution in [2.24, 2.45) is 17.8 Å². The average Bonchev–Trinajstić information content (AvgIpc) is 2.76. The fourth-order valence-corrected chi connectivity index (χ4v) is 4.69. The highest BCUT2D eigenvalue weighted by atomic mass is 19.2. The lowest BCUT2D eigenvalue weighted by Gasteiger charge is -2.37. The van der Waals surface area contributed by atoms with E-state index in [1.165, 1.54) is 44.2 Å². The van der Waals surface area contributed by atoms with Crippen molar-refractivity contribution in [2.75, 3.05) is 13.2 Å². The van der Waals surface area contributed by atoms with Crippen LogP contribution in [0.25, 0.3) is 0 Å². The van der Waals surface area contributed by atoms with Gasteiger partial charge in [-0.3, -0.25) is 0 Å². The van der Waals surface area contributed by atoms with Crippen molar-refractivity contribution in [3.05, 3.63) is 42.0 Å². The Morgan fingerprint density at radius 2 is 1.83 bits per heavy atom. The van der Waals surface area contributed by atoms with Crippen molar-refractivity contribution in [2.45, 2.75) is 71.2 Å². The summed E-state index contributed by atoms with van der Waals surface area (Å²) in [6, 6.07) is 2.96. The van der Waals surface area contributed by atoms with Crippen molar-refractivity contribution in [1.29, 1.82) is 0 Å². The Hall–Kier alpha value is -1.46. The molecule has 1 saturated heterocycles. The van der Waals surface area contributed by atoms with E-state index in [9.17, 15) is 8.78 Å². The van der Waals surface area contributed by atoms with Gasteiger partial charge in [-0.15, -0.1) is 6.58 Å². The molecule has 2 aliphatic rings. The van der Waals surface area contributed by atoms with Crippen molar-refractivity contribution >= 4 is 0 Å². The van der Waals surface area contributed by atoms with Crippen LogP contribution >= 0.6 is 0 Å². The van der Waals surface area contributed by atoms with Crippen molar-refractivity contribution in [1.82, 2.24) is 0 Å². The lowest BCUT2D eigenvalue weighted by molar-refractivity contribution is -0.188. The molecule has 0 N–H and O–H groups in total. The number of hydrogen-bond acceptors (Lipinski definition) is 3. The van der Waals surface area contributed by atoms with Crippen LogP contribution in [0.15, 0.2) is 24.8 Å². The Kier molecular flexibility index (Phi) is 8.49. The van der Waals surface area contributed by atoms with E-state index in [4.69, 9.17) is 14.2 Å². The number of ether oxygens (including phenoxy) is 3. The first-order valence-electron chi connectivity index (χ1n) is 11.1. The molecule has 0 spiro atoms. The summed E-state index contributed by atoms with van der Waals surface area (Å²) >= 11 is 0. The molecule has 1 aromatic carbocycles. The van der Waals surface area contributed by atoms with Crippen molar-refractivity contribution < 1.29 is 23.0 Å². The summed E-state index contributed by atoms with van der Waals surface area (Å²) in [5.41, 5.74) is 0.189. The summed E-state index contributed by atoms with van der Waals surface area (Å²) in [6.45, 7) is 6.55. The van der Waals surface area contributed by atoms with Gasteiger partial charge in [0.2, 0.25) is 5.82 Å². The molecule has 3 rings (SSSR count). The molecule has 29 heavy (non-hydrogen) atoms. The fourth-order valence-electron chi connectivity index (χ4n) is 4.69. The molecule has 0 radical (unpaired) electrons. The monoisotopic (exact) mass is 408 g/mol. The van der Waals surface area contributed by atoms with Gasteiger partial charge in [-0.2, -0.15) is 4.39 Å². The number of allylic oxidation sites excluding steroid dienone is 1. The number of benzene rings is 1. The van der Waals surface area contributed by atoms with Crippen LogP contribution < -0.4 is 4.74 Å². The molecule has 162 valence electrons. The van der Waals surface area contributed by atoms with Gasteiger partial charge in [0, 0.05) is 5.56 Å². The molecule has 1 aliphatic heterocycles. The molecular formula is C24H34F2O3. The summed E-state index contributed by atoms with van der Waals surface area (Å²) in [5.74, 6) is 0.265. The lowest BCUT2D eigenvalue weighted by Crippen LogP contribution is -2.33. The smallest absolute Gasteiger partial charge is 0.200 e. The third-order valence-corrected chi connectivity index (χ3v) is 6.46. The molecule has 2 fully saturated rings. The van der Waals surface area contributed by atoms with Crippen LogP contribution in [-0.4, -0.2) is 19.5 Å². The van der Waals surface area contributed by atoms with Gasteiger partial charge in [0.1, 0.15) is 0 Å². The molecule has 1 saturated carbocycles. The molecule has 0 aromatic heterocycles. The maximum atomic E-state index is 14.2. The van der Waals surface area contributed by atoms with E-state index >= 15 is 0 Å². The first-order valence-corrected chi connectivity index (χ1v) is 11.1. The Labute approximate surface area is 173 Å². The van der Waals surface area contributed by atoms with E-state index in [1.54, 1.807) is 6.92 Å². The standard InChI is InChI=1S/C24H34F2O3/c1-3-5-6-17-7-9-18(10-8-17)19-12-14-22(28-15-19)29-16-20-11-13-21(27-4-2)24(26)23(20)25/h3,11,13,17-19,22H,1,4-10,12,14-16H2,2H3. The van der Waals surface area contributed by atoms with Gasteiger partial charge in [0.25, 0.3) is 0 Å². The minimum atomic E-state index is -0.957. The largest absolute Gasteiger partial charge is 0.491 e. The van der Waals surface area contributed by atoms with Crippen LogP contribution in [0.1, 0.15) is 63.9 Å². The Bertz CT molecular complexity index is 648. The van der Waals surface area contributed by atoms with E-state index in [1.807, 2.05) is 6.08 Å². The number of rotatable bonds is 9. The summed E-state index contributed by atoms with van der Waals surface area (Å²) in [7, 11) is 0. The zero-order chi connectivity index (χ0) is 20.6. The second-order valence-electron chi connectivity index (χ2n) is 8.34. The van der Waals surface area contributed by atoms with Gasteiger partial charge in [-0.25, -0.2) is 4.39 Å². The third-order valence-electron chi connectivity index (χ3n) is 6.46. The maximum absolute atomic E-state index is 14.2. The van der Waals surface area contributed by atoms with Crippen LogP contribution in [0, 0.1) is 29.4 Å². The third kappa shape index (κ3) is 6.02. The first kappa shape index (κ1) is 22.2. The molecule has 2 atom stereocenters. The summed E-state index contributed by atoms with van der Waals surface area (Å²) in [4.78, 5) is 0.